The molecule has 0 spiro atoms. The minimum atomic E-state index is -0.707. The molecule has 104 valence electrons. The van der Waals surface area contributed by atoms with E-state index in [1.165, 1.54) is 13.3 Å². The Hall–Kier alpha value is -2.70. The second-order valence-corrected chi connectivity index (χ2v) is 3.93. The van der Waals surface area contributed by atoms with Crippen molar-refractivity contribution >= 4 is 12.2 Å². The van der Waals surface area contributed by atoms with Gasteiger partial charge in [0, 0.05) is 0 Å². The number of carbonyl (C=O) groups excluding carboxylic acids is 1. The maximum absolute atomic E-state index is 12.0. The van der Waals surface area contributed by atoms with E-state index in [4.69, 9.17) is 4.74 Å². The average molecular weight is 274 g/mol. The quantitative estimate of drug-likeness (QED) is 0.440. The van der Waals surface area contributed by atoms with Crippen molar-refractivity contribution in [2.24, 2.45) is 12.1 Å². The van der Waals surface area contributed by atoms with Gasteiger partial charge in [-0.15, -0.1) is 4.68 Å². The van der Waals surface area contributed by atoms with Crippen molar-refractivity contribution in [3.8, 4) is 5.88 Å². The molecule has 0 bridgehead atoms. The minimum Gasteiger partial charge on any atom is -0.836 e. The molecule has 1 aromatic heterocycles. The molecule has 20 heavy (non-hydrogen) atoms. The first-order valence-corrected chi connectivity index (χ1v) is 6.06. The summed E-state index contributed by atoms with van der Waals surface area (Å²) in [6.45, 7) is 1.86. The van der Waals surface area contributed by atoms with Crippen LogP contribution in [0.15, 0.2) is 35.4 Å². The van der Waals surface area contributed by atoms with Gasteiger partial charge in [0.25, 0.3) is 5.69 Å². The smallest absolute Gasteiger partial charge is 0.383 e. The van der Waals surface area contributed by atoms with Crippen molar-refractivity contribution in [2.45, 2.75) is 6.92 Å². The van der Waals surface area contributed by atoms with Crippen LogP contribution in [0.1, 0.15) is 23.0 Å². The third kappa shape index (κ3) is 2.82. The molecule has 1 heterocycles. The third-order valence-electron chi connectivity index (χ3n) is 2.51. The molecule has 0 N–H and O–H groups in total. The van der Waals surface area contributed by atoms with Crippen molar-refractivity contribution in [3.05, 3.63) is 41.6 Å². The molecular formula is C13H14N4O3. The Balaban J connectivity index is 2.28. The zero-order valence-electron chi connectivity index (χ0n) is 11.2. The SMILES string of the molecule is CCOC(=O)c1c([O-])n(/N=C/c2ccccc2)n[n+]1C. The second kappa shape index (κ2) is 5.96. The monoisotopic (exact) mass is 274 g/mol. The van der Waals surface area contributed by atoms with Crippen LogP contribution in [-0.2, 0) is 11.8 Å². The van der Waals surface area contributed by atoms with Gasteiger partial charge in [-0.05, 0) is 17.3 Å². The van der Waals surface area contributed by atoms with E-state index in [-0.39, 0.29) is 12.3 Å². The standard InChI is InChI=1S/C13H14N4O3/c1-3-20-13(19)11-12(18)17(15-16(11)2)14-9-10-7-5-4-6-8-10/h4-9H,3H2,1-2H3/b14-9+. The van der Waals surface area contributed by atoms with Crippen LogP contribution < -0.4 is 9.79 Å². The molecule has 1 aromatic carbocycles. The summed E-state index contributed by atoms with van der Waals surface area (Å²) in [5.74, 6) is -1.32. The Labute approximate surface area is 115 Å². The minimum absolute atomic E-state index is 0.155. The van der Waals surface area contributed by atoms with Crippen LogP contribution in [0.4, 0.5) is 0 Å². The van der Waals surface area contributed by atoms with Gasteiger partial charge >= 0.3 is 5.97 Å². The van der Waals surface area contributed by atoms with Gasteiger partial charge in [-0.3, -0.25) is 0 Å². The highest BCUT2D eigenvalue weighted by atomic mass is 16.5. The summed E-state index contributed by atoms with van der Waals surface area (Å²) in [6.07, 6.45) is 1.49. The normalized spacial score (nSPS) is 10.9. The van der Waals surface area contributed by atoms with E-state index in [1.807, 2.05) is 30.3 Å². The number of esters is 1. The van der Waals surface area contributed by atoms with Crippen molar-refractivity contribution in [3.63, 3.8) is 0 Å². The van der Waals surface area contributed by atoms with Crippen molar-refractivity contribution < 1.29 is 19.3 Å². The molecule has 7 heteroatoms. The largest absolute Gasteiger partial charge is 0.836 e. The van der Waals surface area contributed by atoms with Gasteiger partial charge in [-0.1, -0.05) is 35.4 Å². The van der Waals surface area contributed by atoms with E-state index in [2.05, 4.69) is 10.3 Å². The highest BCUT2D eigenvalue weighted by Crippen LogP contribution is 2.09. The van der Waals surface area contributed by atoms with Crippen molar-refractivity contribution in [2.75, 3.05) is 6.61 Å². The van der Waals surface area contributed by atoms with Crippen LogP contribution in [0.2, 0.25) is 0 Å². The van der Waals surface area contributed by atoms with Gasteiger partial charge in [-0.25, -0.2) is 4.79 Å². The first-order chi connectivity index (χ1) is 9.63. The molecule has 0 atom stereocenters. The summed E-state index contributed by atoms with van der Waals surface area (Å²) in [6, 6.07) is 9.26. The van der Waals surface area contributed by atoms with E-state index in [0.29, 0.717) is 0 Å². The lowest BCUT2D eigenvalue weighted by molar-refractivity contribution is -0.734. The summed E-state index contributed by atoms with van der Waals surface area (Å²) < 4.78 is 5.96. The fourth-order valence-electron chi connectivity index (χ4n) is 1.60. The lowest BCUT2D eigenvalue weighted by Gasteiger charge is -2.00. The number of aromatic nitrogens is 3. The Bertz CT molecular complexity index is 635. The van der Waals surface area contributed by atoms with Crippen LogP contribution in [0.5, 0.6) is 5.88 Å². The molecule has 0 saturated heterocycles. The Kier molecular flexibility index (Phi) is 4.09. The molecule has 0 aliphatic heterocycles. The molecule has 0 amide bonds. The molecule has 2 rings (SSSR count). The summed E-state index contributed by atoms with van der Waals surface area (Å²) >= 11 is 0. The van der Waals surface area contributed by atoms with Crippen molar-refractivity contribution in [1.29, 1.82) is 0 Å². The Morgan fingerprint density at radius 1 is 1.50 bits per heavy atom. The Morgan fingerprint density at radius 3 is 2.85 bits per heavy atom. The Morgan fingerprint density at radius 2 is 2.20 bits per heavy atom. The fourth-order valence-corrected chi connectivity index (χ4v) is 1.60. The van der Waals surface area contributed by atoms with Crippen LogP contribution in [0.25, 0.3) is 0 Å². The highest BCUT2D eigenvalue weighted by Gasteiger charge is 2.24. The number of nitrogens with zero attached hydrogens (tertiary/aromatic N) is 4. The number of rotatable bonds is 4. The van der Waals surface area contributed by atoms with E-state index in [1.54, 1.807) is 6.92 Å². The molecule has 2 aromatic rings. The van der Waals surface area contributed by atoms with Gasteiger partial charge in [-0.2, -0.15) is 0 Å². The summed E-state index contributed by atoms with van der Waals surface area (Å²) in [7, 11) is 1.49. The number of aryl methyl sites for hydroxylation is 1. The zero-order valence-corrected chi connectivity index (χ0v) is 11.2. The molecule has 0 aliphatic carbocycles. The summed E-state index contributed by atoms with van der Waals surface area (Å²) in [5.41, 5.74) is 0.666. The lowest BCUT2D eigenvalue weighted by Crippen LogP contribution is -2.38. The fraction of sp³-hybridized carbons (Fsp3) is 0.231. The van der Waals surface area contributed by atoms with Crippen LogP contribution in [0.3, 0.4) is 0 Å². The van der Waals surface area contributed by atoms with Crippen LogP contribution >= 0.6 is 0 Å². The molecule has 0 radical (unpaired) electrons. The van der Waals surface area contributed by atoms with E-state index >= 15 is 0 Å². The lowest BCUT2D eigenvalue weighted by atomic mass is 10.2. The van der Waals surface area contributed by atoms with Gasteiger partial charge in [0.2, 0.25) is 0 Å². The summed E-state index contributed by atoms with van der Waals surface area (Å²) in [5, 5.41) is 19.8. The van der Waals surface area contributed by atoms with E-state index in [0.717, 1.165) is 15.0 Å². The van der Waals surface area contributed by atoms with Crippen LogP contribution in [-0.4, -0.2) is 28.8 Å². The number of hydrogen-bond acceptors (Lipinski definition) is 5. The predicted octanol–water partition coefficient (Wildman–Crippen LogP) is -0.160. The van der Waals surface area contributed by atoms with Gasteiger partial charge < -0.3 is 9.84 Å². The topological polar surface area (TPSA) is 83.4 Å². The summed E-state index contributed by atoms with van der Waals surface area (Å²) in [4.78, 5) is 12.5. The first kappa shape index (κ1) is 13.7. The van der Waals surface area contributed by atoms with E-state index in [9.17, 15) is 9.90 Å². The van der Waals surface area contributed by atoms with Crippen molar-refractivity contribution in [1.82, 2.24) is 10.0 Å². The predicted molar refractivity (Wildman–Crippen MR) is 68.2 cm³/mol. The maximum Gasteiger partial charge on any atom is 0.383 e. The molecule has 0 unspecified atom stereocenters. The van der Waals surface area contributed by atoms with E-state index < -0.39 is 11.8 Å². The number of carbonyl (C=O) groups is 1. The van der Waals surface area contributed by atoms with Crippen LogP contribution in [0, 0.1) is 0 Å². The molecule has 7 nitrogen and oxygen atoms in total. The molecule has 0 saturated carbocycles. The van der Waals surface area contributed by atoms with Gasteiger partial charge in [0.05, 0.1) is 12.8 Å². The van der Waals surface area contributed by atoms with Gasteiger partial charge in [0.1, 0.15) is 12.3 Å². The number of hydrogen-bond donors (Lipinski definition) is 0. The highest BCUT2D eigenvalue weighted by molar-refractivity contribution is 5.87. The second-order valence-electron chi connectivity index (χ2n) is 3.93. The first-order valence-electron chi connectivity index (χ1n) is 6.06. The number of ether oxygens (including phenoxy) is 1. The average Bonchev–Trinajstić information content (AvgIpc) is 2.72. The number of benzene rings is 1. The molecule has 0 aliphatic rings. The molecule has 0 fully saturated rings. The molecular weight excluding hydrogens is 260 g/mol. The maximum atomic E-state index is 12.0. The van der Waals surface area contributed by atoms with Gasteiger partial charge in [0.15, 0.2) is 5.88 Å². The third-order valence-corrected chi connectivity index (χ3v) is 2.51. The zero-order chi connectivity index (χ0) is 14.5.